The summed E-state index contributed by atoms with van der Waals surface area (Å²) in [6.07, 6.45) is 0.513. The average Bonchev–Trinajstić information content (AvgIpc) is 2.82. The predicted octanol–water partition coefficient (Wildman–Crippen LogP) is 0.850. The minimum Gasteiger partial charge on any atom is -0.478 e. The fraction of sp³-hybridized carbons (Fsp3) is 0.300. The van der Waals surface area contributed by atoms with Crippen molar-refractivity contribution in [1.29, 1.82) is 0 Å². The number of sulfonamides is 1. The standard InChI is InChI=1S/C10H10FNO5S/c11-8-3-2-7(10(13)14)6-9(8)18(15,16)12-4-1-5-17-12/h2-3,6H,1,4-5H2,(H,13,14). The van der Waals surface area contributed by atoms with Gasteiger partial charge in [-0.25, -0.2) is 17.6 Å². The van der Waals surface area contributed by atoms with Gasteiger partial charge in [-0.2, -0.15) is 0 Å². The SMILES string of the molecule is O=C(O)c1ccc(F)c(S(=O)(=O)N2CCCO2)c1. The average molecular weight is 275 g/mol. The highest BCUT2D eigenvalue weighted by atomic mass is 32.2. The van der Waals surface area contributed by atoms with E-state index in [1.165, 1.54) is 0 Å². The lowest BCUT2D eigenvalue weighted by Crippen LogP contribution is -2.27. The van der Waals surface area contributed by atoms with Crippen LogP contribution in [0.5, 0.6) is 0 Å². The normalized spacial score (nSPS) is 16.9. The van der Waals surface area contributed by atoms with E-state index < -0.39 is 26.7 Å². The second kappa shape index (κ2) is 4.63. The lowest BCUT2D eigenvalue weighted by Gasteiger charge is -2.14. The first-order chi connectivity index (χ1) is 8.43. The third kappa shape index (κ3) is 2.22. The highest BCUT2D eigenvalue weighted by Gasteiger charge is 2.31. The summed E-state index contributed by atoms with van der Waals surface area (Å²) in [5.41, 5.74) is -0.297. The van der Waals surface area contributed by atoms with Gasteiger partial charge in [0, 0.05) is 6.54 Å². The second-order valence-electron chi connectivity index (χ2n) is 3.67. The lowest BCUT2D eigenvalue weighted by atomic mass is 10.2. The Morgan fingerprint density at radius 1 is 1.44 bits per heavy atom. The van der Waals surface area contributed by atoms with Gasteiger partial charge in [-0.3, -0.25) is 4.84 Å². The molecule has 1 aromatic rings. The van der Waals surface area contributed by atoms with Gasteiger partial charge in [-0.15, -0.1) is 0 Å². The van der Waals surface area contributed by atoms with Crippen molar-refractivity contribution in [3.05, 3.63) is 29.6 Å². The van der Waals surface area contributed by atoms with Crippen molar-refractivity contribution >= 4 is 16.0 Å². The molecule has 98 valence electrons. The largest absolute Gasteiger partial charge is 0.478 e. The summed E-state index contributed by atoms with van der Waals surface area (Å²) in [6.45, 7) is 0.360. The Bertz CT molecular complexity index is 580. The molecule has 1 aliphatic heterocycles. The van der Waals surface area contributed by atoms with Gasteiger partial charge in [0.1, 0.15) is 10.7 Å². The number of hydroxylamine groups is 1. The topological polar surface area (TPSA) is 83.9 Å². The molecular formula is C10H10FNO5S. The molecule has 0 radical (unpaired) electrons. The molecule has 1 heterocycles. The number of halogens is 1. The van der Waals surface area contributed by atoms with Crippen molar-refractivity contribution in [3.63, 3.8) is 0 Å². The maximum atomic E-state index is 13.5. The molecule has 2 rings (SSSR count). The van der Waals surface area contributed by atoms with Crippen LogP contribution in [0.1, 0.15) is 16.8 Å². The molecule has 0 aliphatic carbocycles. The number of hydrogen-bond acceptors (Lipinski definition) is 4. The van der Waals surface area contributed by atoms with Gasteiger partial charge in [0.2, 0.25) is 0 Å². The van der Waals surface area contributed by atoms with Gasteiger partial charge >= 0.3 is 5.97 Å². The van der Waals surface area contributed by atoms with E-state index in [4.69, 9.17) is 9.94 Å². The van der Waals surface area contributed by atoms with Crippen molar-refractivity contribution in [2.45, 2.75) is 11.3 Å². The molecule has 0 amide bonds. The summed E-state index contributed by atoms with van der Waals surface area (Å²) in [6, 6.07) is 2.60. The lowest BCUT2D eigenvalue weighted by molar-refractivity contribution is -0.0286. The van der Waals surface area contributed by atoms with Crippen LogP contribution in [0, 0.1) is 5.82 Å². The maximum absolute atomic E-state index is 13.5. The molecule has 6 nitrogen and oxygen atoms in total. The van der Waals surface area contributed by atoms with Crippen LogP contribution < -0.4 is 0 Å². The smallest absolute Gasteiger partial charge is 0.335 e. The van der Waals surface area contributed by atoms with E-state index in [9.17, 15) is 17.6 Å². The van der Waals surface area contributed by atoms with Crippen molar-refractivity contribution < 1.29 is 27.5 Å². The van der Waals surface area contributed by atoms with Crippen LogP contribution in [0.4, 0.5) is 4.39 Å². The number of hydrogen-bond donors (Lipinski definition) is 1. The van der Waals surface area contributed by atoms with Crippen molar-refractivity contribution in [3.8, 4) is 0 Å². The maximum Gasteiger partial charge on any atom is 0.335 e. The third-order valence-electron chi connectivity index (χ3n) is 2.44. The van der Waals surface area contributed by atoms with Crippen LogP contribution in [0.25, 0.3) is 0 Å². The first-order valence-electron chi connectivity index (χ1n) is 5.11. The molecule has 8 heteroatoms. The summed E-state index contributed by atoms with van der Waals surface area (Å²) in [4.78, 5) is 14.9. The minimum atomic E-state index is -4.15. The van der Waals surface area contributed by atoms with Crippen molar-refractivity contribution in [2.75, 3.05) is 13.2 Å². The first-order valence-corrected chi connectivity index (χ1v) is 6.55. The molecule has 1 aliphatic rings. The number of aromatic carboxylic acids is 1. The molecular weight excluding hydrogens is 265 g/mol. The van der Waals surface area contributed by atoms with E-state index in [1.807, 2.05) is 0 Å². The van der Waals surface area contributed by atoms with Gasteiger partial charge in [0.25, 0.3) is 10.0 Å². The van der Waals surface area contributed by atoms with E-state index in [2.05, 4.69) is 0 Å². The van der Waals surface area contributed by atoms with Gasteiger partial charge in [-0.1, -0.05) is 4.47 Å². The van der Waals surface area contributed by atoms with E-state index in [0.717, 1.165) is 18.2 Å². The molecule has 18 heavy (non-hydrogen) atoms. The number of nitrogens with zero attached hydrogens (tertiary/aromatic N) is 1. The Balaban J connectivity index is 2.49. The molecule has 0 bridgehead atoms. The number of carbonyl (C=O) groups is 1. The molecule has 0 unspecified atom stereocenters. The molecule has 0 spiro atoms. The number of carboxylic acids is 1. The Morgan fingerprint density at radius 3 is 2.72 bits per heavy atom. The van der Waals surface area contributed by atoms with Crippen LogP contribution in [-0.4, -0.2) is 37.1 Å². The molecule has 0 aromatic heterocycles. The fourth-order valence-electron chi connectivity index (χ4n) is 1.56. The van der Waals surface area contributed by atoms with Crippen LogP contribution in [-0.2, 0) is 14.9 Å². The summed E-state index contributed by atoms with van der Waals surface area (Å²) < 4.78 is 38.2. The Morgan fingerprint density at radius 2 is 2.17 bits per heavy atom. The molecule has 1 fully saturated rings. The van der Waals surface area contributed by atoms with Gasteiger partial charge < -0.3 is 5.11 Å². The molecule has 1 aromatic carbocycles. The van der Waals surface area contributed by atoms with Crippen molar-refractivity contribution in [2.24, 2.45) is 0 Å². The van der Waals surface area contributed by atoms with Crippen LogP contribution in [0.2, 0.25) is 0 Å². The highest BCUT2D eigenvalue weighted by molar-refractivity contribution is 7.89. The Hall–Kier alpha value is -1.51. The highest BCUT2D eigenvalue weighted by Crippen LogP contribution is 2.23. The third-order valence-corrected chi connectivity index (χ3v) is 4.14. The van der Waals surface area contributed by atoms with Gasteiger partial charge in [0.15, 0.2) is 0 Å². The Kier molecular flexibility index (Phi) is 3.33. The van der Waals surface area contributed by atoms with Crippen LogP contribution in [0.15, 0.2) is 23.1 Å². The summed E-state index contributed by atoms with van der Waals surface area (Å²) >= 11 is 0. The number of benzene rings is 1. The summed E-state index contributed by atoms with van der Waals surface area (Å²) in [5.74, 6) is -2.33. The Labute approximate surface area is 103 Å². The van der Waals surface area contributed by atoms with E-state index >= 15 is 0 Å². The van der Waals surface area contributed by atoms with Crippen LogP contribution >= 0.6 is 0 Å². The van der Waals surface area contributed by atoms with Gasteiger partial charge in [-0.05, 0) is 24.6 Å². The zero-order valence-electron chi connectivity index (χ0n) is 9.17. The van der Waals surface area contributed by atoms with E-state index in [0.29, 0.717) is 10.9 Å². The van der Waals surface area contributed by atoms with E-state index in [-0.39, 0.29) is 18.7 Å². The molecule has 0 saturated carbocycles. The monoisotopic (exact) mass is 275 g/mol. The molecule has 1 saturated heterocycles. The number of rotatable bonds is 3. The van der Waals surface area contributed by atoms with E-state index in [1.54, 1.807) is 0 Å². The first kappa shape index (κ1) is 12.9. The summed E-state index contributed by atoms with van der Waals surface area (Å²) in [7, 11) is -4.15. The van der Waals surface area contributed by atoms with Gasteiger partial charge in [0.05, 0.1) is 12.2 Å². The minimum absolute atomic E-state index is 0.124. The van der Waals surface area contributed by atoms with Crippen LogP contribution in [0.3, 0.4) is 0 Å². The quantitative estimate of drug-likeness (QED) is 0.884. The number of carboxylic acid groups (broad SMARTS) is 1. The summed E-state index contributed by atoms with van der Waals surface area (Å²) in [5, 5.41) is 8.77. The zero-order chi connectivity index (χ0) is 13.3. The van der Waals surface area contributed by atoms with Crippen molar-refractivity contribution in [1.82, 2.24) is 4.47 Å². The molecule has 0 atom stereocenters. The zero-order valence-corrected chi connectivity index (χ0v) is 9.98. The molecule has 1 N–H and O–H groups in total. The predicted molar refractivity (Wildman–Crippen MR) is 57.8 cm³/mol. The fourth-order valence-corrected chi connectivity index (χ4v) is 2.95. The second-order valence-corrected chi connectivity index (χ2v) is 5.47.